The molecule has 1 aliphatic heterocycles. The first-order valence-corrected chi connectivity index (χ1v) is 11.7. The minimum absolute atomic E-state index is 0.111. The van der Waals surface area contributed by atoms with Gasteiger partial charge in [-0.25, -0.2) is 18.4 Å². The zero-order chi connectivity index (χ0) is 21.5. The van der Waals surface area contributed by atoms with Gasteiger partial charge in [0.2, 0.25) is 16.0 Å². The lowest BCUT2D eigenvalue weighted by atomic mass is 10.1. The van der Waals surface area contributed by atoms with E-state index in [-0.39, 0.29) is 23.2 Å². The molecule has 164 valence electrons. The molecular weight excluding hydrogens is 432 g/mol. The molecule has 1 saturated carbocycles. The van der Waals surface area contributed by atoms with Crippen LogP contribution in [0.1, 0.15) is 56.8 Å². The van der Waals surface area contributed by atoms with Crippen molar-refractivity contribution in [2.24, 2.45) is 0 Å². The van der Waals surface area contributed by atoms with Crippen molar-refractivity contribution in [2.45, 2.75) is 55.9 Å². The molecule has 2 aromatic heterocycles. The minimum atomic E-state index is -3.89. The first kappa shape index (κ1) is 21.4. The molecule has 3 heterocycles. The van der Waals surface area contributed by atoms with Crippen LogP contribution in [0.15, 0.2) is 12.4 Å². The molecule has 12 heteroatoms. The lowest BCUT2D eigenvalue weighted by Crippen LogP contribution is -2.34. The van der Waals surface area contributed by atoms with Crippen LogP contribution in [0.4, 0.5) is 5.95 Å². The number of anilines is 1. The Bertz CT molecular complexity index is 1000. The van der Waals surface area contributed by atoms with Gasteiger partial charge < -0.3 is 9.47 Å². The van der Waals surface area contributed by atoms with Crippen LogP contribution in [0, 0.1) is 0 Å². The summed E-state index contributed by atoms with van der Waals surface area (Å²) in [7, 11) is -2.47. The number of aromatic nitrogens is 5. The van der Waals surface area contributed by atoms with Crippen molar-refractivity contribution in [1.29, 1.82) is 0 Å². The second kappa shape index (κ2) is 8.03. The molecule has 30 heavy (non-hydrogen) atoms. The van der Waals surface area contributed by atoms with E-state index in [1.165, 1.54) is 19.5 Å². The van der Waals surface area contributed by atoms with Crippen molar-refractivity contribution >= 4 is 27.6 Å². The Morgan fingerprint density at radius 3 is 2.60 bits per heavy atom. The molecular formula is C18H25ClN6O4S. The number of ether oxygens (including phenoxy) is 2. The summed E-state index contributed by atoms with van der Waals surface area (Å²) in [5.74, 6) is 1.33. The lowest BCUT2D eigenvalue weighted by Gasteiger charge is -2.23. The second-order valence-corrected chi connectivity index (χ2v) is 10.5. The van der Waals surface area contributed by atoms with Gasteiger partial charge in [-0.3, -0.25) is 9.29 Å². The van der Waals surface area contributed by atoms with Gasteiger partial charge in [0.05, 0.1) is 11.6 Å². The van der Waals surface area contributed by atoms with Gasteiger partial charge in [0.15, 0.2) is 5.82 Å². The van der Waals surface area contributed by atoms with Crippen molar-refractivity contribution in [3.05, 3.63) is 29.1 Å². The Balaban J connectivity index is 1.62. The summed E-state index contributed by atoms with van der Waals surface area (Å²) < 4.78 is 41.8. The highest BCUT2D eigenvalue weighted by Crippen LogP contribution is 2.47. The highest BCUT2D eigenvalue weighted by molar-refractivity contribution is 7.93. The standard InChI is InChI=1S/C18H25ClN6O4S/c1-11(14(28-3)15-20-8-13(19)9-21-15)30(26,27)24-17-23-22-16(12-4-7-29-10-12)25(17)18(2)5-6-18/h8-9,11-12,14H,4-7,10H2,1-3H3,(H,23,24)/t11-,12-,14-/m0/s1. The maximum absolute atomic E-state index is 13.2. The maximum atomic E-state index is 13.2. The molecule has 2 fully saturated rings. The molecule has 2 aliphatic rings. The van der Waals surface area contributed by atoms with E-state index in [0.717, 1.165) is 25.1 Å². The van der Waals surface area contributed by atoms with Crippen LogP contribution in [0.25, 0.3) is 0 Å². The first-order chi connectivity index (χ1) is 14.2. The van der Waals surface area contributed by atoms with Gasteiger partial charge in [-0.2, -0.15) is 0 Å². The molecule has 10 nitrogen and oxygen atoms in total. The fourth-order valence-corrected chi connectivity index (χ4v) is 4.89. The fourth-order valence-electron chi connectivity index (χ4n) is 3.66. The molecule has 2 aromatic rings. The highest BCUT2D eigenvalue weighted by atomic mass is 35.5. The molecule has 0 amide bonds. The zero-order valence-electron chi connectivity index (χ0n) is 17.1. The van der Waals surface area contributed by atoms with Crippen LogP contribution in [0.3, 0.4) is 0 Å². The van der Waals surface area contributed by atoms with Gasteiger partial charge in [0.1, 0.15) is 17.2 Å². The Morgan fingerprint density at radius 2 is 2.03 bits per heavy atom. The van der Waals surface area contributed by atoms with Crippen LogP contribution in [-0.2, 0) is 25.0 Å². The number of hydrogen-bond acceptors (Lipinski definition) is 8. The van der Waals surface area contributed by atoms with Crippen LogP contribution in [0.5, 0.6) is 0 Å². The minimum Gasteiger partial charge on any atom is -0.381 e. The van der Waals surface area contributed by atoms with Crippen molar-refractivity contribution in [3.63, 3.8) is 0 Å². The van der Waals surface area contributed by atoms with E-state index in [0.29, 0.717) is 18.2 Å². The van der Waals surface area contributed by atoms with Gasteiger partial charge in [-0.1, -0.05) is 11.6 Å². The topological polar surface area (TPSA) is 121 Å². The van der Waals surface area contributed by atoms with Crippen LogP contribution < -0.4 is 4.72 Å². The van der Waals surface area contributed by atoms with E-state index in [2.05, 4.69) is 31.8 Å². The Labute approximate surface area is 180 Å². The summed E-state index contributed by atoms with van der Waals surface area (Å²) in [6.07, 6.45) is 4.66. The van der Waals surface area contributed by atoms with Crippen molar-refractivity contribution in [1.82, 2.24) is 24.7 Å². The van der Waals surface area contributed by atoms with E-state index in [4.69, 9.17) is 21.1 Å². The Kier molecular flexibility index (Phi) is 5.73. The summed E-state index contributed by atoms with van der Waals surface area (Å²) in [4.78, 5) is 8.21. The number of nitrogens with zero attached hydrogens (tertiary/aromatic N) is 5. The number of halogens is 1. The van der Waals surface area contributed by atoms with Gasteiger partial charge in [0, 0.05) is 37.6 Å². The van der Waals surface area contributed by atoms with Crippen LogP contribution >= 0.6 is 11.6 Å². The van der Waals surface area contributed by atoms with Crippen LogP contribution in [0.2, 0.25) is 5.02 Å². The predicted molar refractivity (Wildman–Crippen MR) is 110 cm³/mol. The zero-order valence-corrected chi connectivity index (χ0v) is 18.6. The summed E-state index contributed by atoms with van der Waals surface area (Å²) in [5, 5.41) is 7.87. The molecule has 4 rings (SSSR count). The Hall–Kier alpha value is -1.82. The molecule has 0 aromatic carbocycles. The second-order valence-electron chi connectivity index (χ2n) is 8.04. The molecule has 0 unspecified atom stereocenters. The van der Waals surface area contributed by atoms with E-state index in [9.17, 15) is 8.42 Å². The summed E-state index contributed by atoms with van der Waals surface area (Å²) in [6, 6.07) is 0. The maximum Gasteiger partial charge on any atom is 0.240 e. The summed E-state index contributed by atoms with van der Waals surface area (Å²) in [6.45, 7) is 4.86. The van der Waals surface area contributed by atoms with Gasteiger partial charge in [0.25, 0.3) is 0 Å². The molecule has 1 saturated heterocycles. The molecule has 1 aliphatic carbocycles. The summed E-state index contributed by atoms with van der Waals surface area (Å²) in [5.41, 5.74) is -0.192. The molecule has 3 atom stereocenters. The average Bonchev–Trinajstić information content (AvgIpc) is 3.12. The quantitative estimate of drug-likeness (QED) is 0.641. The van der Waals surface area contributed by atoms with Crippen molar-refractivity contribution < 1.29 is 17.9 Å². The fraction of sp³-hybridized carbons (Fsp3) is 0.667. The number of rotatable bonds is 8. The van der Waals surface area contributed by atoms with E-state index in [1.807, 2.05) is 4.57 Å². The highest BCUT2D eigenvalue weighted by Gasteiger charge is 2.45. The SMILES string of the molecule is CO[C@H](c1ncc(Cl)cn1)[C@H](C)S(=O)(=O)Nc1nnc([C@H]2CCOC2)n1C1(C)CC1. The molecule has 1 N–H and O–H groups in total. The number of methoxy groups -OCH3 is 1. The van der Waals surface area contributed by atoms with Gasteiger partial charge >= 0.3 is 0 Å². The van der Waals surface area contributed by atoms with E-state index < -0.39 is 21.4 Å². The third-order valence-electron chi connectivity index (χ3n) is 5.79. The first-order valence-electron chi connectivity index (χ1n) is 9.80. The Morgan fingerprint density at radius 1 is 1.33 bits per heavy atom. The summed E-state index contributed by atoms with van der Waals surface area (Å²) >= 11 is 5.84. The predicted octanol–water partition coefficient (Wildman–Crippen LogP) is 2.25. The number of nitrogens with one attached hydrogen (secondary N) is 1. The molecule has 0 spiro atoms. The van der Waals surface area contributed by atoms with E-state index >= 15 is 0 Å². The average molecular weight is 457 g/mol. The monoisotopic (exact) mass is 456 g/mol. The smallest absolute Gasteiger partial charge is 0.240 e. The normalized spacial score (nSPS) is 22.6. The lowest BCUT2D eigenvalue weighted by molar-refractivity contribution is 0.0950. The van der Waals surface area contributed by atoms with Crippen molar-refractivity contribution in [2.75, 3.05) is 25.0 Å². The number of sulfonamides is 1. The third-order valence-corrected chi connectivity index (χ3v) is 7.68. The van der Waals surface area contributed by atoms with Gasteiger partial charge in [-0.05, 0) is 33.1 Å². The van der Waals surface area contributed by atoms with Crippen molar-refractivity contribution in [3.8, 4) is 0 Å². The van der Waals surface area contributed by atoms with Crippen LogP contribution in [-0.4, -0.2) is 58.7 Å². The number of hydrogen-bond donors (Lipinski definition) is 1. The van der Waals surface area contributed by atoms with Gasteiger partial charge in [-0.15, -0.1) is 10.2 Å². The largest absolute Gasteiger partial charge is 0.381 e. The molecule has 0 bridgehead atoms. The third kappa shape index (κ3) is 4.03. The van der Waals surface area contributed by atoms with E-state index in [1.54, 1.807) is 6.92 Å². The molecule has 0 radical (unpaired) electrons.